The van der Waals surface area contributed by atoms with Crippen LogP contribution in [0.25, 0.3) is 0 Å². The molecule has 2 heterocycles. The molecule has 1 aliphatic rings. The van der Waals surface area contributed by atoms with Gasteiger partial charge < -0.3 is 21.1 Å². The van der Waals surface area contributed by atoms with Gasteiger partial charge in [0.15, 0.2) is 0 Å². The lowest BCUT2D eigenvalue weighted by atomic mass is 10.0. The summed E-state index contributed by atoms with van der Waals surface area (Å²) in [5.41, 5.74) is 13.3. The molecule has 0 saturated carbocycles. The zero-order valence-electron chi connectivity index (χ0n) is 12.1. The molecular formula is C13H21N5O2. The third-order valence-electron chi connectivity index (χ3n) is 3.01. The summed E-state index contributed by atoms with van der Waals surface area (Å²) in [7, 11) is 0. The molecule has 1 amide bonds. The number of hydrogen-bond acceptors (Lipinski definition) is 6. The van der Waals surface area contributed by atoms with E-state index in [1.165, 1.54) is 0 Å². The molecule has 0 spiro atoms. The molecule has 0 fully saturated rings. The van der Waals surface area contributed by atoms with Crippen LogP contribution >= 0.6 is 0 Å². The Morgan fingerprint density at radius 2 is 2.10 bits per heavy atom. The minimum atomic E-state index is -0.508. The highest BCUT2D eigenvalue weighted by Crippen LogP contribution is 2.22. The molecule has 0 bridgehead atoms. The van der Waals surface area contributed by atoms with Crippen molar-refractivity contribution < 1.29 is 9.53 Å². The highest BCUT2D eigenvalue weighted by Gasteiger charge is 2.28. The predicted molar refractivity (Wildman–Crippen MR) is 74.7 cm³/mol. The van der Waals surface area contributed by atoms with Crippen LogP contribution in [0, 0.1) is 0 Å². The average Bonchev–Trinajstić information content (AvgIpc) is 2.35. The minimum absolute atomic E-state index is 0.231. The molecule has 1 aliphatic heterocycles. The average molecular weight is 279 g/mol. The molecule has 4 N–H and O–H groups in total. The summed E-state index contributed by atoms with van der Waals surface area (Å²) >= 11 is 0. The first-order valence-electron chi connectivity index (χ1n) is 6.62. The van der Waals surface area contributed by atoms with Crippen LogP contribution in [0.15, 0.2) is 0 Å². The van der Waals surface area contributed by atoms with Gasteiger partial charge in [-0.1, -0.05) is 0 Å². The number of carbonyl (C=O) groups is 1. The number of anilines is 1. The number of nitrogens with two attached hydrogens (primary N) is 2. The second-order valence-corrected chi connectivity index (χ2v) is 5.81. The summed E-state index contributed by atoms with van der Waals surface area (Å²) in [6, 6.07) is 0. The monoisotopic (exact) mass is 279 g/mol. The van der Waals surface area contributed by atoms with E-state index in [9.17, 15) is 4.79 Å². The smallest absolute Gasteiger partial charge is 0.410 e. The van der Waals surface area contributed by atoms with E-state index in [0.29, 0.717) is 25.2 Å². The van der Waals surface area contributed by atoms with Gasteiger partial charge in [0.2, 0.25) is 5.95 Å². The van der Waals surface area contributed by atoms with Gasteiger partial charge >= 0.3 is 6.09 Å². The van der Waals surface area contributed by atoms with Gasteiger partial charge in [0.25, 0.3) is 0 Å². The Labute approximate surface area is 118 Å². The topological polar surface area (TPSA) is 107 Å². The van der Waals surface area contributed by atoms with Gasteiger partial charge in [-0.3, -0.25) is 0 Å². The Hall–Kier alpha value is -1.89. The van der Waals surface area contributed by atoms with Gasteiger partial charge in [-0.25, -0.2) is 14.8 Å². The summed E-state index contributed by atoms with van der Waals surface area (Å²) in [4.78, 5) is 22.1. The lowest BCUT2D eigenvalue weighted by Crippen LogP contribution is -2.40. The van der Waals surface area contributed by atoms with Gasteiger partial charge in [-0.15, -0.1) is 0 Å². The fourth-order valence-electron chi connectivity index (χ4n) is 2.15. The maximum Gasteiger partial charge on any atom is 0.410 e. The van der Waals surface area contributed by atoms with Crippen LogP contribution in [0.4, 0.5) is 10.7 Å². The maximum absolute atomic E-state index is 12.1. The molecule has 1 aromatic heterocycles. The van der Waals surface area contributed by atoms with Crippen LogP contribution < -0.4 is 11.5 Å². The molecule has 0 aliphatic carbocycles. The summed E-state index contributed by atoms with van der Waals surface area (Å²) in [5, 5.41) is 0. The Morgan fingerprint density at radius 1 is 1.40 bits per heavy atom. The molecule has 0 saturated heterocycles. The van der Waals surface area contributed by atoms with E-state index in [4.69, 9.17) is 16.2 Å². The quantitative estimate of drug-likeness (QED) is 0.787. The summed E-state index contributed by atoms with van der Waals surface area (Å²) < 4.78 is 5.38. The number of aromatic nitrogens is 2. The van der Waals surface area contributed by atoms with E-state index < -0.39 is 5.60 Å². The first-order valence-corrected chi connectivity index (χ1v) is 6.62. The van der Waals surface area contributed by atoms with Crippen LogP contribution in [0.5, 0.6) is 0 Å². The molecular weight excluding hydrogens is 258 g/mol. The number of ether oxygens (including phenoxy) is 1. The van der Waals surface area contributed by atoms with Crippen molar-refractivity contribution in [2.24, 2.45) is 5.73 Å². The van der Waals surface area contributed by atoms with Gasteiger partial charge in [0.05, 0.1) is 17.9 Å². The second-order valence-electron chi connectivity index (χ2n) is 5.81. The van der Waals surface area contributed by atoms with Crippen LogP contribution in [-0.2, 0) is 24.2 Å². The van der Waals surface area contributed by atoms with E-state index in [0.717, 1.165) is 11.3 Å². The maximum atomic E-state index is 12.1. The van der Waals surface area contributed by atoms with Gasteiger partial charge in [0.1, 0.15) is 5.60 Å². The number of fused-ring (bicyclic) bond motifs is 1. The number of amides is 1. The Kier molecular flexibility index (Phi) is 3.80. The van der Waals surface area contributed by atoms with Crippen molar-refractivity contribution in [3.05, 3.63) is 17.0 Å². The lowest BCUT2D eigenvalue weighted by molar-refractivity contribution is 0.0222. The molecule has 20 heavy (non-hydrogen) atoms. The first kappa shape index (κ1) is 14.5. The van der Waals surface area contributed by atoms with Crippen molar-refractivity contribution in [3.63, 3.8) is 0 Å². The van der Waals surface area contributed by atoms with Crippen LogP contribution in [0.3, 0.4) is 0 Å². The lowest BCUT2D eigenvalue weighted by Gasteiger charge is -2.31. The molecule has 0 unspecified atom stereocenters. The Morgan fingerprint density at radius 3 is 2.70 bits per heavy atom. The van der Waals surface area contributed by atoms with Crippen molar-refractivity contribution in [1.29, 1.82) is 0 Å². The number of hydrogen-bond donors (Lipinski definition) is 2. The first-order chi connectivity index (χ1) is 9.30. The number of rotatable bonds is 1. The van der Waals surface area contributed by atoms with Gasteiger partial charge in [-0.05, 0) is 20.8 Å². The van der Waals surface area contributed by atoms with E-state index >= 15 is 0 Å². The normalized spacial score (nSPS) is 14.9. The van der Waals surface area contributed by atoms with Crippen LogP contribution in [-0.4, -0.2) is 33.1 Å². The molecule has 110 valence electrons. The van der Waals surface area contributed by atoms with E-state index in [2.05, 4.69) is 9.97 Å². The Balaban J connectivity index is 2.20. The molecule has 1 aromatic rings. The van der Waals surface area contributed by atoms with E-state index in [-0.39, 0.29) is 18.6 Å². The Bertz CT molecular complexity index is 507. The van der Waals surface area contributed by atoms with E-state index in [1.807, 2.05) is 20.8 Å². The fraction of sp³-hybridized carbons (Fsp3) is 0.615. The van der Waals surface area contributed by atoms with Crippen molar-refractivity contribution in [3.8, 4) is 0 Å². The van der Waals surface area contributed by atoms with E-state index in [1.54, 1.807) is 4.90 Å². The molecule has 7 heteroatoms. The van der Waals surface area contributed by atoms with Crippen LogP contribution in [0.2, 0.25) is 0 Å². The third-order valence-corrected chi connectivity index (χ3v) is 3.01. The van der Waals surface area contributed by atoms with Gasteiger partial charge in [-0.2, -0.15) is 0 Å². The number of nitrogens with zero attached hydrogens (tertiary/aromatic N) is 3. The zero-order chi connectivity index (χ0) is 14.9. The van der Waals surface area contributed by atoms with Crippen LogP contribution in [0.1, 0.15) is 37.7 Å². The fourth-order valence-corrected chi connectivity index (χ4v) is 2.15. The highest BCUT2D eigenvalue weighted by molar-refractivity contribution is 5.68. The van der Waals surface area contributed by atoms with Crippen molar-refractivity contribution in [2.45, 2.75) is 45.9 Å². The molecule has 0 aromatic carbocycles. The molecule has 0 atom stereocenters. The largest absolute Gasteiger partial charge is 0.444 e. The van der Waals surface area contributed by atoms with Crippen molar-refractivity contribution in [1.82, 2.24) is 14.9 Å². The number of carbonyl (C=O) groups excluding carboxylic acids is 1. The predicted octanol–water partition coefficient (Wildman–Crippen LogP) is 0.811. The van der Waals surface area contributed by atoms with Crippen molar-refractivity contribution >= 4 is 12.0 Å². The standard InChI is InChI=1S/C13H21N5O2/c1-13(2,3)20-12(19)18-5-4-9-8(7-18)10(6-14)17-11(15)16-9/h4-7,14H2,1-3H3,(H2,15,16,17). The third kappa shape index (κ3) is 3.16. The molecule has 2 rings (SSSR count). The summed E-state index contributed by atoms with van der Waals surface area (Å²) in [6.45, 7) is 6.78. The highest BCUT2D eigenvalue weighted by atomic mass is 16.6. The molecule has 0 radical (unpaired) electrons. The summed E-state index contributed by atoms with van der Waals surface area (Å²) in [5.74, 6) is 0.231. The SMILES string of the molecule is CC(C)(C)OC(=O)N1CCc2nc(N)nc(CN)c2C1. The second kappa shape index (κ2) is 5.24. The molecule has 7 nitrogen and oxygen atoms in total. The number of nitrogen functional groups attached to an aromatic ring is 1. The zero-order valence-corrected chi connectivity index (χ0v) is 12.1. The summed E-state index contributed by atoms with van der Waals surface area (Å²) in [6.07, 6.45) is 0.303. The van der Waals surface area contributed by atoms with Crippen molar-refractivity contribution in [2.75, 3.05) is 12.3 Å². The minimum Gasteiger partial charge on any atom is -0.444 e. The van der Waals surface area contributed by atoms with Gasteiger partial charge in [0, 0.05) is 25.1 Å².